The number of carbonyl (C=O) groups is 1. The average Bonchev–Trinajstić information content (AvgIpc) is 2.54. The standard InChI is InChI=1S/C12H23N3OS/c1-11(2)9-17-12(13-11)5-7-15(8-6-12)10(16)14(3)4/h13H,5-9H2,1-4H3. The van der Waals surface area contributed by atoms with Gasteiger partial charge in [-0.15, -0.1) is 11.8 Å². The van der Waals surface area contributed by atoms with E-state index < -0.39 is 0 Å². The Morgan fingerprint density at radius 3 is 2.29 bits per heavy atom. The summed E-state index contributed by atoms with van der Waals surface area (Å²) in [7, 11) is 3.64. The van der Waals surface area contributed by atoms with E-state index in [2.05, 4.69) is 19.2 Å². The molecule has 0 aromatic heterocycles. The smallest absolute Gasteiger partial charge is 0.319 e. The van der Waals surface area contributed by atoms with E-state index in [1.807, 2.05) is 30.8 Å². The lowest BCUT2D eigenvalue weighted by molar-refractivity contribution is 0.144. The molecule has 1 N–H and O–H groups in total. The van der Waals surface area contributed by atoms with Gasteiger partial charge >= 0.3 is 6.03 Å². The summed E-state index contributed by atoms with van der Waals surface area (Å²) in [5, 5.41) is 3.75. The maximum Gasteiger partial charge on any atom is 0.319 e. The SMILES string of the molecule is CN(C)C(=O)N1CCC2(CC1)NC(C)(C)CS2. The molecule has 2 fully saturated rings. The summed E-state index contributed by atoms with van der Waals surface area (Å²) in [4.78, 5) is 15.7. The first kappa shape index (κ1) is 13.0. The van der Waals surface area contributed by atoms with Gasteiger partial charge in [0.1, 0.15) is 0 Å². The Balaban J connectivity index is 1.93. The van der Waals surface area contributed by atoms with Gasteiger partial charge in [0, 0.05) is 38.5 Å². The van der Waals surface area contributed by atoms with Gasteiger partial charge in [-0.25, -0.2) is 4.79 Å². The fourth-order valence-electron chi connectivity index (χ4n) is 2.62. The van der Waals surface area contributed by atoms with Crippen LogP contribution in [0.1, 0.15) is 26.7 Å². The highest BCUT2D eigenvalue weighted by molar-refractivity contribution is 8.01. The first-order chi connectivity index (χ1) is 7.84. The minimum Gasteiger partial charge on any atom is -0.331 e. The number of thioether (sulfide) groups is 1. The minimum absolute atomic E-state index is 0.141. The van der Waals surface area contributed by atoms with E-state index in [9.17, 15) is 4.79 Å². The highest BCUT2D eigenvalue weighted by Gasteiger charge is 2.45. The quantitative estimate of drug-likeness (QED) is 0.715. The molecule has 0 bridgehead atoms. The van der Waals surface area contributed by atoms with Gasteiger partial charge in [0.2, 0.25) is 0 Å². The van der Waals surface area contributed by atoms with Crippen LogP contribution < -0.4 is 5.32 Å². The fourth-order valence-corrected chi connectivity index (χ4v) is 4.15. The molecule has 0 atom stereocenters. The maximum absolute atomic E-state index is 11.9. The molecule has 2 aliphatic rings. The highest BCUT2D eigenvalue weighted by Crippen LogP contribution is 2.42. The number of nitrogens with zero attached hydrogens (tertiary/aromatic N) is 2. The normalized spacial score (nSPS) is 26.2. The molecule has 2 heterocycles. The molecule has 1 spiro atoms. The lowest BCUT2D eigenvalue weighted by atomic mass is 10.00. The zero-order chi connectivity index (χ0) is 12.7. The third kappa shape index (κ3) is 2.71. The second kappa shape index (κ2) is 4.35. The summed E-state index contributed by atoms with van der Waals surface area (Å²) < 4.78 is 0. The molecule has 2 saturated heterocycles. The Morgan fingerprint density at radius 1 is 1.29 bits per heavy atom. The predicted molar refractivity (Wildman–Crippen MR) is 72.3 cm³/mol. The largest absolute Gasteiger partial charge is 0.331 e. The van der Waals surface area contributed by atoms with Gasteiger partial charge in [-0.05, 0) is 26.7 Å². The molecule has 0 aliphatic carbocycles. The lowest BCUT2D eigenvalue weighted by Crippen LogP contribution is -2.55. The van der Waals surface area contributed by atoms with Gasteiger partial charge in [0.25, 0.3) is 0 Å². The average molecular weight is 257 g/mol. The minimum atomic E-state index is 0.141. The van der Waals surface area contributed by atoms with Crippen molar-refractivity contribution in [3.05, 3.63) is 0 Å². The number of hydrogen-bond donors (Lipinski definition) is 1. The summed E-state index contributed by atoms with van der Waals surface area (Å²) in [5.41, 5.74) is 0.235. The van der Waals surface area contributed by atoms with Crippen LogP contribution in [0.2, 0.25) is 0 Å². The zero-order valence-corrected chi connectivity index (χ0v) is 12.1. The molecule has 2 amide bonds. The van der Waals surface area contributed by atoms with Crippen LogP contribution >= 0.6 is 11.8 Å². The summed E-state index contributed by atoms with van der Waals surface area (Å²) >= 11 is 2.03. The molecule has 0 aromatic rings. The molecule has 2 aliphatic heterocycles. The Labute approximate surface area is 108 Å². The molecule has 5 heteroatoms. The molecule has 0 unspecified atom stereocenters. The van der Waals surface area contributed by atoms with Gasteiger partial charge < -0.3 is 9.80 Å². The van der Waals surface area contributed by atoms with Crippen LogP contribution in [0.15, 0.2) is 0 Å². The van der Waals surface area contributed by atoms with Crippen LogP contribution in [0.4, 0.5) is 4.79 Å². The van der Waals surface area contributed by atoms with Gasteiger partial charge in [-0.1, -0.05) is 0 Å². The number of piperidine rings is 1. The fraction of sp³-hybridized carbons (Fsp3) is 0.917. The van der Waals surface area contributed by atoms with E-state index in [0.29, 0.717) is 0 Å². The first-order valence-electron chi connectivity index (χ1n) is 6.23. The number of nitrogens with one attached hydrogen (secondary N) is 1. The van der Waals surface area contributed by atoms with Crippen LogP contribution in [-0.4, -0.2) is 59.2 Å². The van der Waals surface area contributed by atoms with Crippen LogP contribution in [0, 0.1) is 0 Å². The number of amides is 2. The van der Waals surface area contributed by atoms with Crippen molar-refractivity contribution in [3.63, 3.8) is 0 Å². The lowest BCUT2D eigenvalue weighted by Gasteiger charge is -2.40. The molecule has 17 heavy (non-hydrogen) atoms. The van der Waals surface area contributed by atoms with E-state index in [1.165, 1.54) is 0 Å². The highest BCUT2D eigenvalue weighted by atomic mass is 32.2. The van der Waals surface area contributed by atoms with Crippen molar-refractivity contribution < 1.29 is 4.79 Å². The topological polar surface area (TPSA) is 35.6 Å². The second-order valence-electron chi connectivity index (χ2n) is 5.96. The molecule has 4 nitrogen and oxygen atoms in total. The molecule has 0 radical (unpaired) electrons. The monoisotopic (exact) mass is 257 g/mol. The van der Waals surface area contributed by atoms with Crippen molar-refractivity contribution >= 4 is 17.8 Å². The zero-order valence-electron chi connectivity index (χ0n) is 11.2. The Bertz CT molecular complexity index is 309. The summed E-state index contributed by atoms with van der Waals surface area (Å²) in [5.74, 6) is 1.16. The van der Waals surface area contributed by atoms with Gasteiger partial charge in [0.15, 0.2) is 0 Å². The van der Waals surface area contributed by atoms with Crippen molar-refractivity contribution in [1.29, 1.82) is 0 Å². The molecule has 98 valence electrons. The third-order valence-electron chi connectivity index (χ3n) is 3.50. The molecular formula is C12H23N3OS. The third-order valence-corrected chi connectivity index (χ3v) is 5.43. The molecule has 0 aromatic carbocycles. The number of carbonyl (C=O) groups excluding carboxylic acids is 1. The number of rotatable bonds is 0. The van der Waals surface area contributed by atoms with E-state index in [-0.39, 0.29) is 16.4 Å². The van der Waals surface area contributed by atoms with Crippen LogP contribution in [0.5, 0.6) is 0 Å². The summed E-state index contributed by atoms with van der Waals surface area (Å²) in [6, 6.07) is 0.141. The van der Waals surface area contributed by atoms with Crippen molar-refractivity contribution in [3.8, 4) is 0 Å². The van der Waals surface area contributed by atoms with E-state index in [4.69, 9.17) is 0 Å². The van der Waals surface area contributed by atoms with Gasteiger partial charge in [-0.2, -0.15) is 0 Å². The van der Waals surface area contributed by atoms with Crippen molar-refractivity contribution in [2.75, 3.05) is 32.9 Å². The molecular weight excluding hydrogens is 234 g/mol. The maximum atomic E-state index is 11.9. The van der Waals surface area contributed by atoms with E-state index >= 15 is 0 Å². The van der Waals surface area contributed by atoms with Crippen LogP contribution in [0.3, 0.4) is 0 Å². The summed E-state index contributed by atoms with van der Waals surface area (Å²) in [6.07, 6.45) is 2.11. The predicted octanol–water partition coefficient (Wildman–Crippen LogP) is 1.58. The Morgan fingerprint density at radius 2 is 1.88 bits per heavy atom. The van der Waals surface area contributed by atoms with E-state index in [1.54, 1.807) is 4.90 Å². The van der Waals surface area contributed by atoms with Crippen molar-refractivity contribution in [2.24, 2.45) is 0 Å². The summed E-state index contributed by atoms with van der Waals surface area (Å²) in [6.45, 7) is 6.25. The Kier molecular flexibility index (Phi) is 3.34. The van der Waals surface area contributed by atoms with Crippen molar-refractivity contribution in [1.82, 2.24) is 15.1 Å². The number of urea groups is 1. The first-order valence-corrected chi connectivity index (χ1v) is 7.22. The Hall–Kier alpha value is -0.420. The van der Waals surface area contributed by atoms with Crippen LogP contribution in [0.25, 0.3) is 0 Å². The number of likely N-dealkylation sites (tertiary alicyclic amines) is 1. The molecule has 2 rings (SSSR count). The van der Waals surface area contributed by atoms with Crippen LogP contribution in [-0.2, 0) is 0 Å². The number of hydrogen-bond acceptors (Lipinski definition) is 3. The second-order valence-corrected chi connectivity index (χ2v) is 7.31. The van der Waals surface area contributed by atoms with Gasteiger partial charge in [-0.3, -0.25) is 5.32 Å². The van der Waals surface area contributed by atoms with Gasteiger partial charge in [0.05, 0.1) is 4.87 Å². The van der Waals surface area contributed by atoms with Crippen molar-refractivity contribution in [2.45, 2.75) is 37.1 Å². The molecule has 0 saturated carbocycles. The van der Waals surface area contributed by atoms with E-state index in [0.717, 1.165) is 31.7 Å².